The molecule has 0 saturated heterocycles. The van der Waals surface area contributed by atoms with Crippen LogP contribution in [0, 0.1) is 0 Å². The minimum atomic E-state index is 0.0828. The van der Waals surface area contributed by atoms with Gasteiger partial charge in [0.2, 0.25) is 0 Å². The summed E-state index contributed by atoms with van der Waals surface area (Å²) in [6.07, 6.45) is 0. The van der Waals surface area contributed by atoms with Gasteiger partial charge < -0.3 is 16.2 Å². The van der Waals surface area contributed by atoms with Gasteiger partial charge in [0.1, 0.15) is 0 Å². The topological polar surface area (TPSA) is 58.3 Å². The molecule has 0 heterocycles. The lowest BCUT2D eigenvalue weighted by Crippen LogP contribution is -2.30. The van der Waals surface area contributed by atoms with E-state index in [1.807, 2.05) is 24.3 Å². The van der Waals surface area contributed by atoms with Gasteiger partial charge >= 0.3 is 0 Å². The van der Waals surface area contributed by atoms with E-state index in [4.69, 9.17) is 22.4 Å². The van der Waals surface area contributed by atoms with Crippen molar-refractivity contribution in [2.45, 2.75) is 6.04 Å². The molecule has 0 aromatic heterocycles. The summed E-state index contributed by atoms with van der Waals surface area (Å²) in [7, 11) is 0. The Balaban J connectivity index is 2.64. The zero-order chi connectivity index (χ0) is 10.4. The van der Waals surface area contributed by atoms with Crippen molar-refractivity contribution in [1.29, 1.82) is 0 Å². The first-order valence-corrected chi connectivity index (χ1v) is 4.95. The fourth-order valence-electron chi connectivity index (χ4n) is 1.27. The van der Waals surface area contributed by atoms with Crippen molar-refractivity contribution in [3.8, 4) is 0 Å². The van der Waals surface area contributed by atoms with Gasteiger partial charge in [-0.05, 0) is 17.7 Å². The predicted octanol–water partition coefficient (Wildman–Crippen LogP) is 0.922. The molecular formula is C10H15ClN2O. The first kappa shape index (κ1) is 11.5. The smallest absolute Gasteiger partial charge is 0.0556 e. The summed E-state index contributed by atoms with van der Waals surface area (Å²) < 4.78 is 0. The van der Waals surface area contributed by atoms with Crippen molar-refractivity contribution in [3.63, 3.8) is 0 Å². The second kappa shape index (κ2) is 5.98. The Labute approximate surface area is 88.9 Å². The number of hydrogen-bond acceptors (Lipinski definition) is 3. The molecule has 1 rings (SSSR count). The summed E-state index contributed by atoms with van der Waals surface area (Å²) in [4.78, 5) is 0. The highest BCUT2D eigenvalue weighted by Gasteiger charge is 2.07. The molecule has 1 aromatic rings. The lowest BCUT2D eigenvalue weighted by molar-refractivity contribution is 0.285. The van der Waals surface area contributed by atoms with E-state index in [1.165, 1.54) is 0 Å². The standard InChI is InChI=1S/C10H15ClN2O/c11-9-3-1-8(2-4-9)10(7-12)13-5-6-14/h1-4,10,13-14H,5-7,12H2. The van der Waals surface area contributed by atoms with E-state index in [1.54, 1.807) is 0 Å². The molecule has 1 aromatic carbocycles. The van der Waals surface area contributed by atoms with Crippen LogP contribution in [0.4, 0.5) is 0 Å². The third-order valence-corrected chi connectivity index (χ3v) is 2.26. The van der Waals surface area contributed by atoms with E-state index in [0.717, 1.165) is 5.56 Å². The highest BCUT2D eigenvalue weighted by atomic mass is 35.5. The average Bonchev–Trinajstić information content (AvgIpc) is 2.21. The molecule has 0 aliphatic heterocycles. The SMILES string of the molecule is NCC(NCCO)c1ccc(Cl)cc1. The van der Waals surface area contributed by atoms with Crippen LogP contribution >= 0.6 is 11.6 Å². The summed E-state index contributed by atoms with van der Waals surface area (Å²) >= 11 is 5.77. The van der Waals surface area contributed by atoms with E-state index in [-0.39, 0.29) is 12.6 Å². The van der Waals surface area contributed by atoms with Crippen LogP contribution in [0.25, 0.3) is 0 Å². The van der Waals surface area contributed by atoms with E-state index >= 15 is 0 Å². The number of aliphatic hydroxyl groups is 1. The quantitative estimate of drug-likeness (QED) is 0.683. The average molecular weight is 215 g/mol. The minimum absolute atomic E-state index is 0.0828. The Morgan fingerprint density at radius 2 is 2.00 bits per heavy atom. The van der Waals surface area contributed by atoms with Crippen LogP contribution in [-0.4, -0.2) is 24.8 Å². The Morgan fingerprint density at radius 1 is 1.36 bits per heavy atom. The van der Waals surface area contributed by atoms with E-state index in [9.17, 15) is 0 Å². The van der Waals surface area contributed by atoms with Crippen molar-refractivity contribution >= 4 is 11.6 Å². The number of nitrogens with one attached hydrogen (secondary N) is 1. The molecule has 0 amide bonds. The van der Waals surface area contributed by atoms with E-state index in [2.05, 4.69) is 5.32 Å². The zero-order valence-corrected chi connectivity index (χ0v) is 8.67. The van der Waals surface area contributed by atoms with Gasteiger partial charge in [0.15, 0.2) is 0 Å². The maximum Gasteiger partial charge on any atom is 0.0556 e. The highest BCUT2D eigenvalue weighted by molar-refractivity contribution is 6.30. The largest absolute Gasteiger partial charge is 0.395 e. The number of aliphatic hydroxyl groups excluding tert-OH is 1. The molecule has 1 atom stereocenters. The van der Waals surface area contributed by atoms with Crippen LogP contribution in [0.1, 0.15) is 11.6 Å². The Morgan fingerprint density at radius 3 is 2.50 bits per heavy atom. The molecule has 4 heteroatoms. The van der Waals surface area contributed by atoms with Crippen LogP contribution in [0.5, 0.6) is 0 Å². The summed E-state index contributed by atoms with van der Waals surface area (Å²) in [6.45, 7) is 1.16. The Hall–Kier alpha value is -0.610. The van der Waals surface area contributed by atoms with Crippen LogP contribution in [0.2, 0.25) is 5.02 Å². The molecule has 3 nitrogen and oxygen atoms in total. The lowest BCUT2D eigenvalue weighted by atomic mass is 10.1. The van der Waals surface area contributed by atoms with Gasteiger partial charge in [-0.15, -0.1) is 0 Å². The monoisotopic (exact) mass is 214 g/mol. The van der Waals surface area contributed by atoms with E-state index in [0.29, 0.717) is 18.1 Å². The summed E-state index contributed by atoms with van der Waals surface area (Å²) in [5, 5.41) is 12.5. The summed E-state index contributed by atoms with van der Waals surface area (Å²) in [5.74, 6) is 0. The van der Waals surface area contributed by atoms with Crippen molar-refractivity contribution in [3.05, 3.63) is 34.9 Å². The van der Waals surface area contributed by atoms with Crippen molar-refractivity contribution in [1.82, 2.24) is 5.32 Å². The molecule has 14 heavy (non-hydrogen) atoms. The maximum absolute atomic E-state index is 8.68. The lowest BCUT2D eigenvalue weighted by Gasteiger charge is -2.16. The molecular weight excluding hydrogens is 200 g/mol. The van der Waals surface area contributed by atoms with Gasteiger partial charge in [-0.25, -0.2) is 0 Å². The fraction of sp³-hybridized carbons (Fsp3) is 0.400. The van der Waals surface area contributed by atoms with Gasteiger partial charge in [-0.3, -0.25) is 0 Å². The molecule has 0 bridgehead atoms. The van der Waals surface area contributed by atoms with Crippen LogP contribution in [-0.2, 0) is 0 Å². The van der Waals surface area contributed by atoms with Crippen molar-refractivity contribution < 1.29 is 5.11 Å². The molecule has 0 aliphatic carbocycles. The second-order valence-corrected chi connectivity index (χ2v) is 3.45. The van der Waals surface area contributed by atoms with Crippen molar-refractivity contribution in [2.24, 2.45) is 5.73 Å². The van der Waals surface area contributed by atoms with Gasteiger partial charge in [0.25, 0.3) is 0 Å². The zero-order valence-electron chi connectivity index (χ0n) is 7.91. The molecule has 78 valence electrons. The molecule has 0 aliphatic rings. The number of rotatable bonds is 5. The summed E-state index contributed by atoms with van der Waals surface area (Å²) in [6, 6.07) is 7.62. The maximum atomic E-state index is 8.68. The number of hydrogen-bond donors (Lipinski definition) is 3. The summed E-state index contributed by atoms with van der Waals surface area (Å²) in [5.41, 5.74) is 6.69. The molecule has 0 saturated carbocycles. The first-order valence-electron chi connectivity index (χ1n) is 4.57. The molecule has 1 unspecified atom stereocenters. The third-order valence-electron chi connectivity index (χ3n) is 2.01. The van der Waals surface area contributed by atoms with Crippen LogP contribution in [0.15, 0.2) is 24.3 Å². The Bertz CT molecular complexity index is 263. The number of nitrogens with two attached hydrogens (primary N) is 1. The Kier molecular flexibility index (Phi) is 4.90. The first-order chi connectivity index (χ1) is 6.77. The van der Waals surface area contributed by atoms with Gasteiger partial charge in [-0.2, -0.15) is 0 Å². The number of halogens is 1. The van der Waals surface area contributed by atoms with Crippen LogP contribution < -0.4 is 11.1 Å². The molecule has 0 radical (unpaired) electrons. The second-order valence-electron chi connectivity index (χ2n) is 3.02. The van der Waals surface area contributed by atoms with Gasteiger partial charge in [-0.1, -0.05) is 23.7 Å². The van der Waals surface area contributed by atoms with Gasteiger partial charge in [0.05, 0.1) is 6.61 Å². The molecule has 4 N–H and O–H groups in total. The van der Waals surface area contributed by atoms with Crippen LogP contribution in [0.3, 0.4) is 0 Å². The molecule has 0 spiro atoms. The van der Waals surface area contributed by atoms with Gasteiger partial charge in [0, 0.05) is 24.2 Å². The minimum Gasteiger partial charge on any atom is -0.395 e. The molecule has 0 fully saturated rings. The van der Waals surface area contributed by atoms with E-state index < -0.39 is 0 Å². The number of benzene rings is 1. The third kappa shape index (κ3) is 3.27. The predicted molar refractivity (Wildman–Crippen MR) is 58.3 cm³/mol. The fourth-order valence-corrected chi connectivity index (χ4v) is 1.40. The van der Waals surface area contributed by atoms with Crippen molar-refractivity contribution in [2.75, 3.05) is 19.7 Å². The normalized spacial score (nSPS) is 12.8. The highest BCUT2D eigenvalue weighted by Crippen LogP contribution is 2.15.